The molecule has 6 nitrogen and oxygen atoms in total. The summed E-state index contributed by atoms with van der Waals surface area (Å²) in [6.45, 7) is 6.20. The highest BCUT2D eigenvalue weighted by molar-refractivity contribution is 7.92. The molecular weight excluding hydrogens is 398 g/mol. The van der Waals surface area contributed by atoms with Crippen molar-refractivity contribution in [1.29, 1.82) is 0 Å². The summed E-state index contributed by atoms with van der Waals surface area (Å²) < 4.78 is 29.6. The van der Waals surface area contributed by atoms with Gasteiger partial charge in [-0.1, -0.05) is 54.6 Å². The molecular formula is C23H31N3O3S. The summed E-state index contributed by atoms with van der Waals surface area (Å²) in [5, 5.41) is 3.37. The fourth-order valence-corrected chi connectivity index (χ4v) is 4.89. The van der Waals surface area contributed by atoms with Crippen LogP contribution in [0, 0.1) is 0 Å². The number of hydrogen-bond donors (Lipinski definition) is 1. The van der Waals surface area contributed by atoms with Gasteiger partial charge in [-0.15, -0.1) is 0 Å². The van der Waals surface area contributed by atoms with Gasteiger partial charge < -0.3 is 15.0 Å². The summed E-state index contributed by atoms with van der Waals surface area (Å²) in [5.74, 6) is 0.873. The standard InChI is InChI=1S/C23H31N3O3S/c1-23(2)18-26(12-13-30(23,27)28)22(24-3)25-15-20-10-7-11-21(14-20)17-29-16-19-8-5-4-6-9-19/h4-11,14H,12-13,15-18H2,1-3H3,(H,24,25). The summed E-state index contributed by atoms with van der Waals surface area (Å²) in [7, 11) is -1.35. The van der Waals surface area contributed by atoms with Crippen LogP contribution in [0.25, 0.3) is 0 Å². The average Bonchev–Trinajstić information content (AvgIpc) is 2.72. The SMILES string of the molecule is CN=C(NCc1cccc(COCc2ccccc2)c1)N1CCS(=O)(=O)C(C)(C)C1. The largest absolute Gasteiger partial charge is 0.372 e. The van der Waals surface area contributed by atoms with Crippen LogP contribution in [0.1, 0.15) is 30.5 Å². The van der Waals surface area contributed by atoms with Crippen molar-refractivity contribution in [1.82, 2.24) is 10.2 Å². The third kappa shape index (κ3) is 5.61. The number of rotatable bonds is 6. The molecule has 3 rings (SSSR count). The van der Waals surface area contributed by atoms with E-state index in [4.69, 9.17) is 4.74 Å². The summed E-state index contributed by atoms with van der Waals surface area (Å²) in [6, 6.07) is 18.4. The molecule has 162 valence electrons. The first-order valence-corrected chi connectivity index (χ1v) is 11.8. The minimum atomic E-state index is -3.08. The zero-order chi connectivity index (χ0) is 21.6. The van der Waals surface area contributed by atoms with Crippen molar-refractivity contribution >= 4 is 15.8 Å². The first-order chi connectivity index (χ1) is 14.3. The number of benzene rings is 2. The van der Waals surface area contributed by atoms with Gasteiger partial charge in [0.25, 0.3) is 0 Å². The van der Waals surface area contributed by atoms with Gasteiger partial charge in [0.2, 0.25) is 0 Å². The Balaban J connectivity index is 1.54. The number of aliphatic imine (C=N–C) groups is 1. The van der Waals surface area contributed by atoms with E-state index in [1.165, 1.54) is 0 Å². The fraction of sp³-hybridized carbons (Fsp3) is 0.435. The van der Waals surface area contributed by atoms with Crippen molar-refractivity contribution in [2.24, 2.45) is 4.99 Å². The number of guanidine groups is 1. The first kappa shape index (κ1) is 22.3. The molecule has 0 aromatic heterocycles. The zero-order valence-electron chi connectivity index (χ0n) is 18.0. The van der Waals surface area contributed by atoms with Crippen molar-refractivity contribution in [2.45, 2.75) is 38.4 Å². The van der Waals surface area contributed by atoms with E-state index >= 15 is 0 Å². The maximum Gasteiger partial charge on any atom is 0.193 e. The molecule has 7 heteroatoms. The molecule has 0 saturated carbocycles. The fourth-order valence-electron chi connectivity index (χ4n) is 3.53. The lowest BCUT2D eigenvalue weighted by Gasteiger charge is -2.39. The molecule has 1 N–H and O–H groups in total. The Morgan fingerprint density at radius 3 is 2.43 bits per heavy atom. The Labute approximate surface area is 179 Å². The van der Waals surface area contributed by atoms with Crippen LogP contribution in [0.5, 0.6) is 0 Å². The Bertz CT molecular complexity index is 972. The van der Waals surface area contributed by atoms with E-state index in [1.807, 2.05) is 29.2 Å². The van der Waals surface area contributed by atoms with Crippen molar-refractivity contribution in [3.8, 4) is 0 Å². The van der Waals surface area contributed by atoms with Crippen LogP contribution in [-0.2, 0) is 34.3 Å². The monoisotopic (exact) mass is 429 g/mol. The highest BCUT2D eigenvalue weighted by Gasteiger charge is 2.40. The van der Waals surface area contributed by atoms with E-state index in [-0.39, 0.29) is 5.75 Å². The summed E-state index contributed by atoms with van der Waals surface area (Å²) >= 11 is 0. The minimum absolute atomic E-state index is 0.148. The van der Waals surface area contributed by atoms with E-state index in [2.05, 4.69) is 40.6 Å². The number of nitrogens with zero attached hydrogens (tertiary/aromatic N) is 2. The van der Waals surface area contributed by atoms with Crippen LogP contribution in [0.3, 0.4) is 0 Å². The van der Waals surface area contributed by atoms with Gasteiger partial charge in [0.1, 0.15) is 0 Å². The van der Waals surface area contributed by atoms with E-state index in [0.29, 0.717) is 32.8 Å². The second-order valence-electron chi connectivity index (χ2n) is 8.20. The Morgan fingerprint density at radius 1 is 1.07 bits per heavy atom. The van der Waals surface area contributed by atoms with Crippen LogP contribution in [-0.4, -0.2) is 49.9 Å². The van der Waals surface area contributed by atoms with Crippen LogP contribution < -0.4 is 5.32 Å². The van der Waals surface area contributed by atoms with Crippen molar-refractivity contribution in [2.75, 3.05) is 25.9 Å². The molecule has 1 heterocycles. The van der Waals surface area contributed by atoms with Crippen molar-refractivity contribution in [3.05, 3.63) is 71.3 Å². The first-order valence-electron chi connectivity index (χ1n) is 10.2. The topological polar surface area (TPSA) is 71.0 Å². The van der Waals surface area contributed by atoms with Crippen molar-refractivity contribution in [3.63, 3.8) is 0 Å². The smallest absolute Gasteiger partial charge is 0.193 e. The van der Waals surface area contributed by atoms with Crippen LogP contribution in [0.15, 0.2) is 59.6 Å². The van der Waals surface area contributed by atoms with E-state index < -0.39 is 14.6 Å². The lowest BCUT2D eigenvalue weighted by atomic mass is 10.1. The summed E-state index contributed by atoms with van der Waals surface area (Å²) in [5.41, 5.74) is 3.40. The number of ether oxygens (including phenoxy) is 1. The molecule has 1 aliphatic heterocycles. The Hall–Kier alpha value is -2.38. The van der Waals surface area contributed by atoms with Gasteiger partial charge in [0, 0.05) is 26.7 Å². The predicted octanol–water partition coefficient (Wildman–Crippen LogP) is 2.99. The second-order valence-corrected chi connectivity index (χ2v) is 10.9. The lowest BCUT2D eigenvalue weighted by molar-refractivity contribution is 0.107. The number of sulfone groups is 1. The predicted molar refractivity (Wildman–Crippen MR) is 121 cm³/mol. The summed E-state index contributed by atoms with van der Waals surface area (Å²) in [6.07, 6.45) is 0. The van der Waals surface area contributed by atoms with Gasteiger partial charge in [-0.25, -0.2) is 8.42 Å². The Morgan fingerprint density at radius 2 is 1.73 bits per heavy atom. The zero-order valence-corrected chi connectivity index (χ0v) is 18.8. The molecule has 2 aromatic rings. The molecule has 1 saturated heterocycles. The van der Waals surface area contributed by atoms with Gasteiger partial charge in [-0.3, -0.25) is 4.99 Å². The highest BCUT2D eigenvalue weighted by atomic mass is 32.2. The van der Waals surface area contributed by atoms with Gasteiger partial charge >= 0.3 is 0 Å². The molecule has 1 aliphatic rings. The third-order valence-corrected chi connectivity index (χ3v) is 7.91. The van der Waals surface area contributed by atoms with Crippen molar-refractivity contribution < 1.29 is 13.2 Å². The minimum Gasteiger partial charge on any atom is -0.372 e. The lowest BCUT2D eigenvalue weighted by Crippen LogP contribution is -2.57. The van der Waals surface area contributed by atoms with Gasteiger partial charge in [-0.2, -0.15) is 0 Å². The van der Waals surface area contributed by atoms with Crippen LogP contribution in [0.2, 0.25) is 0 Å². The normalized spacial score (nSPS) is 18.2. The number of nitrogens with one attached hydrogen (secondary N) is 1. The Kier molecular flexibility index (Phi) is 7.15. The molecule has 0 unspecified atom stereocenters. The van der Waals surface area contributed by atoms with Gasteiger partial charge in [0.05, 0.1) is 23.7 Å². The van der Waals surface area contributed by atoms with E-state index in [0.717, 1.165) is 22.6 Å². The van der Waals surface area contributed by atoms with Crippen LogP contribution in [0.4, 0.5) is 0 Å². The number of hydrogen-bond acceptors (Lipinski definition) is 4. The average molecular weight is 430 g/mol. The van der Waals surface area contributed by atoms with Gasteiger partial charge in [0.15, 0.2) is 15.8 Å². The molecule has 0 amide bonds. The van der Waals surface area contributed by atoms with Gasteiger partial charge in [-0.05, 0) is 30.5 Å². The quantitative estimate of drug-likeness (QED) is 0.565. The molecule has 30 heavy (non-hydrogen) atoms. The van der Waals surface area contributed by atoms with E-state index in [9.17, 15) is 8.42 Å². The molecule has 0 bridgehead atoms. The maximum atomic E-state index is 12.3. The molecule has 0 aliphatic carbocycles. The highest BCUT2D eigenvalue weighted by Crippen LogP contribution is 2.23. The van der Waals surface area contributed by atoms with E-state index in [1.54, 1.807) is 20.9 Å². The second kappa shape index (κ2) is 9.62. The molecule has 0 atom stereocenters. The molecule has 2 aromatic carbocycles. The maximum absolute atomic E-state index is 12.3. The molecule has 1 fully saturated rings. The molecule has 0 spiro atoms. The van der Waals surface area contributed by atoms with Crippen LogP contribution >= 0.6 is 0 Å². The molecule has 0 radical (unpaired) electrons. The third-order valence-electron chi connectivity index (χ3n) is 5.38. The summed E-state index contributed by atoms with van der Waals surface area (Å²) in [4.78, 5) is 6.38.